The Morgan fingerprint density at radius 1 is 1.13 bits per heavy atom. The zero-order valence-electron chi connectivity index (χ0n) is 17.2. The Kier molecular flexibility index (Phi) is 5.97. The molecule has 0 bridgehead atoms. The van der Waals surface area contributed by atoms with Crippen LogP contribution in [0.3, 0.4) is 0 Å². The highest BCUT2D eigenvalue weighted by Crippen LogP contribution is 2.37. The standard InChI is InChI=1S/C22H20BrF2N5O/c1-12(10-30(2)3)31-18-8-13(23)7-17-19(18)22(28-11-27-17)29-21-15(24)9-16-14(20(21)25)5-4-6-26-16/h4-9,11-12H,10H2,1-3H3,(H,27,28,29). The van der Waals surface area contributed by atoms with Crippen LogP contribution in [0.15, 0.2) is 47.3 Å². The number of anilines is 2. The number of hydrogen-bond acceptors (Lipinski definition) is 6. The zero-order chi connectivity index (χ0) is 22.1. The zero-order valence-corrected chi connectivity index (χ0v) is 18.7. The second-order valence-electron chi connectivity index (χ2n) is 7.45. The lowest BCUT2D eigenvalue weighted by atomic mass is 10.1. The largest absolute Gasteiger partial charge is 0.488 e. The van der Waals surface area contributed by atoms with Crippen LogP contribution in [-0.4, -0.2) is 46.6 Å². The molecule has 0 spiro atoms. The predicted molar refractivity (Wildman–Crippen MR) is 121 cm³/mol. The summed E-state index contributed by atoms with van der Waals surface area (Å²) in [6.07, 6.45) is 2.69. The molecule has 0 saturated heterocycles. The van der Waals surface area contributed by atoms with Crippen LogP contribution in [0.2, 0.25) is 0 Å². The molecule has 0 amide bonds. The van der Waals surface area contributed by atoms with Gasteiger partial charge in [0.05, 0.1) is 16.4 Å². The lowest BCUT2D eigenvalue weighted by molar-refractivity contribution is 0.179. The lowest BCUT2D eigenvalue weighted by Gasteiger charge is -2.21. The fourth-order valence-corrected chi connectivity index (χ4v) is 3.88. The summed E-state index contributed by atoms with van der Waals surface area (Å²) in [5.74, 6) is -0.762. The third-order valence-corrected chi connectivity index (χ3v) is 5.11. The summed E-state index contributed by atoms with van der Waals surface area (Å²) in [7, 11) is 3.91. The van der Waals surface area contributed by atoms with Crippen LogP contribution in [0.5, 0.6) is 5.75 Å². The van der Waals surface area contributed by atoms with Crippen molar-refractivity contribution in [3.05, 3.63) is 59.0 Å². The maximum absolute atomic E-state index is 15.1. The second kappa shape index (κ2) is 8.68. The highest BCUT2D eigenvalue weighted by Gasteiger charge is 2.19. The molecule has 0 saturated carbocycles. The smallest absolute Gasteiger partial charge is 0.159 e. The fourth-order valence-electron chi connectivity index (χ4n) is 3.46. The Bertz CT molecular complexity index is 1270. The van der Waals surface area contributed by atoms with E-state index in [4.69, 9.17) is 4.74 Å². The van der Waals surface area contributed by atoms with Crippen LogP contribution >= 0.6 is 15.9 Å². The second-order valence-corrected chi connectivity index (χ2v) is 8.37. The minimum atomic E-state index is -0.768. The van der Waals surface area contributed by atoms with E-state index in [-0.39, 0.29) is 28.5 Å². The van der Waals surface area contributed by atoms with Gasteiger partial charge < -0.3 is 15.0 Å². The first-order valence-electron chi connectivity index (χ1n) is 9.59. The number of rotatable bonds is 6. The van der Waals surface area contributed by atoms with Gasteiger partial charge in [0.15, 0.2) is 11.6 Å². The number of likely N-dealkylation sites (N-methyl/N-ethyl adjacent to an activating group) is 1. The maximum atomic E-state index is 15.1. The van der Waals surface area contributed by atoms with Gasteiger partial charge in [-0.3, -0.25) is 4.98 Å². The maximum Gasteiger partial charge on any atom is 0.159 e. The van der Waals surface area contributed by atoms with Gasteiger partial charge in [-0.2, -0.15) is 0 Å². The predicted octanol–water partition coefficient (Wildman–Crippen LogP) is 5.29. The summed E-state index contributed by atoms with van der Waals surface area (Å²) < 4.78 is 36.8. The molecule has 4 aromatic rings. The van der Waals surface area contributed by atoms with Crippen LogP contribution in [0.4, 0.5) is 20.3 Å². The molecule has 160 valence electrons. The molecule has 6 nitrogen and oxygen atoms in total. The van der Waals surface area contributed by atoms with Crippen molar-refractivity contribution < 1.29 is 13.5 Å². The van der Waals surface area contributed by atoms with Crippen molar-refractivity contribution in [1.82, 2.24) is 19.9 Å². The molecule has 1 N–H and O–H groups in total. The number of nitrogens with zero attached hydrogens (tertiary/aromatic N) is 4. The van der Waals surface area contributed by atoms with Crippen LogP contribution in [0.25, 0.3) is 21.8 Å². The van der Waals surface area contributed by atoms with E-state index in [1.165, 1.54) is 18.6 Å². The first-order valence-corrected chi connectivity index (χ1v) is 10.4. The van der Waals surface area contributed by atoms with Gasteiger partial charge in [0.2, 0.25) is 0 Å². The van der Waals surface area contributed by atoms with Crippen molar-refractivity contribution in [3.8, 4) is 5.75 Å². The summed E-state index contributed by atoms with van der Waals surface area (Å²) in [6.45, 7) is 2.63. The highest BCUT2D eigenvalue weighted by atomic mass is 79.9. The number of aromatic nitrogens is 3. The number of fused-ring (bicyclic) bond motifs is 2. The van der Waals surface area contributed by atoms with Crippen molar-refractivity contribution in [2.75, 3.05) is 26.0 Å². The molecule has 0 aliphatic heterocycles. The Morgan fingerprint density at radius 2 is 1.94 bits per heavy atom. The van der Waals surface area contributed by atoms with Gasteiger partial charge >= 0.3 is 0 Å². The first-order chi connectivity index (χ1) is 14.8. The van der Waals surface area contributed by atoms with Crippen LogP contribution < -0.4 is 10.1 Å². The summed E-state index contributed by atoms with van der Waals surface area (Å²) >= 11 is 3.47. The number of ether oxygens (including phenoxy) is 1. The van der Waals surface area contributed by atoms with Crippen molar-refractivity contribution in [1.29, 1.82) is 0 Å². The van der Waals surface area contributed by atoms with E-state index < -0.39 is 11.6 Å². The third kappa shape index (κ3) is 4.42. The number of pyridine rings is 1. The first kappa shape index (κ1) is 21.3. The molecular weight excluding hydrogens is 468 g/mol. The summed E-state index contributed by atoms with van der Waals surface area (Å²) in [5.41, 5.74) is 0.499. The molecule has 9 heteroatoms. The van der Waals surface area contributed by atoms with Gasteiger partial charge in [-0.15, -0.1) is 0 Å². The monoisotopic (exact) mass is 487 g/mol. The quantitative estimate of drug-likeness (QED) is 0.398. The van der Waals surface area contributed by atoms with E-state index >= 15 is 4.39 Å². The fraction of sp³-hybridized carbons (Fsp3) is 0.227. The molecule has 0 aliphatic rings. The summed E-state index contributed by atoms with van der Waals surface area (Å²) in [6, 6.07) is 7.93. The van der Waals surface area contributed by atoms with Crippen LogP contribution in [0, 0.1) is 11.6 Å². The van der Waals surface area contributed by atoms with Crippen molar-refractivity contribution in [2.24, 2.45) is 0 Å². The van der Waals surface area contributed by atoms with Gasteiger partial charge in [0.1, 0.15) is 29.7 Å². The van der Waals surface area contributed by atoms with E-state index in [9.17, 15) is 4.39 Å². The van der Waals surface area contributed by atoms with Gasteiger partial charge in [0.25, 0.3) is 0 Å². The minimum absolute atomic E-state index is 0.138. The Morgan fingerprint density at radius 3 is 2.71 bits per heavy atom. The number of halogens is 3. The van der Waals surface area contributed by atoms with Crippen molar-refractivity contribution in [3.63, 3.8) is 0 Å². The average Bonchev–Trinajstić information content (AvgIpc) is 2.70. The number of benzene rings is 2. The van der Waals surface area contributed by atoms with Gasteiger partial charge in [-0.05, 0) is 45.3 Å². The summed E-state index contributed by atoms with van der Waals surface area (Å²) in [5, 5.41) is 3.56. The Hall–Kier alpha value is -2.91. The highest BCUT2D eigenvalue weighted by molar-refractivity contribution is 9.10. The average molecular weight is 488 g/mol. The molecule has 0 radical (unpaired) electrons. The van der Waals surface area contributed by atoms with E-state index in [2.05, 4.69) is 36.2 Å². The normalized spacial score (nSPS) is 12.5. The van der Waals surface area contributed by atoms with Crippen LogP contribution in [-0.2, 0) is 0 Å². The molecule has 2 aromatic carbocycles. The minimum Gasteiger partial charge on any atom is -0.488 e. The molecule has 0 aliphatic carbocycles. The molecule has 2 heterocycles. The molecular formula is C22H20BrF2N5O. The van der Waals surface area contributed by atoms with E-state index in [1.807, 2.05) is 25.9 Å². The molecule has 4 rings (SSSR count). The van der Waals surface area contributed by atoms with E-state index in [0.29, 0.717) is 23.2 Å². The number of nitrogens with one attached hydrogen (secondary N) is 1. The Balaban J connectivity index is 1.83. The molecule has 2 aromatic heterocycles. The molecule has 1 atom stereocenters. The topological polar surface area (TPSA) is 63.2 Å². The van der Waals surface area contributed by atoms with Gasteiger partial charge in [-0.25, -0.2) is 18.7 Å². The third-order valence-electron chi connectivity index (χ3n) is 4.66. The van der Waals surface area contributed by atoms with Crippen molar-refractivity contribution in [2.45, 2.75) is 13.0 Å². The number of hydrogen-bond donors (Lipinski definition) is 1. The Labute approximate surface area is 186 Å². The van der Waals surface area contributed by atoms with Gasteiger partial charge in [-0.1, -0.05) is 15.9 Å². The molecule has 1 unspecified atom stereocenters. The SMILES string of the molecule is CC(CN(C)C)Oc1cc(Br)cc2ncnc(Nc3c(F)cc4ncccc4c3F)c12. The molecule has 0 fully saturated rings. The van der Waals surface area contributed by atoms with Crippen LogP contribution in [0.1, 0.15) is 6.92 Å². The lowest BCUT2D eigenvalue weighted by Crippen LogP contribution is -2.28. The summed E-state index contributed by atoms with van der Waals surface area (Å²) in [4.78, 5) is 14.6. The van der Waals surface area contributed by atoms with E-state index in [0.717, 1.165) is 4.47 Å². The molecule has 31 heavy (non-hydrogen) atoms. The van der Waals surface area contributed by atoms with Gasteiger partial charge in [0, 0.05) is 28.7 Å². The van der Waals surface area contributed by atoms with E-state index in [1.54, 1.807) is 24.3 Å². The van der Waals surface area contributed by atoms with Crippen molar-refractivity contribution >= 4 is 49.2 Å².